The molecule has 0 atom stereocenters. The van der Waals surface area contributed by atoms with Crippen LogP contribution in [0.15, 0.2) is 54.6 Å². The second kappa shape index (κ2) is 8.08. The van der Waals surface area contributed by atoms with Gasteiger partial charge in [-0.3, -0.25) is 4.79 Å². The highest BCUT2D eigenvalue weighted by atomic mass is 19.1. The predicted octanol–water partition coefficient (Wildman–Crippen LogP) is 5.04. The Morgan fingerprint density at radius 2 is 1.75 bits per heavy atom. The van der Waals surface area contributed by atoms with E-state index in [0.29, 0.717) is 22.8 Å². The highest BCUT2D eigenvalue weighted by Crippen LogP contribution is 2.33. The molecule has 0 unspecified atom stereocenters. The minimum Gasteiger partial charge on any atom is -0.507 e. The topological polar surface area (TPSA) is 74.2 Å². The van der Waals surface area contributed by atoms with Crippen molar-refractivity contribution in [3.8, 4) is 28.1 Å². The summed E-state index contributed by atoms with van der Waals surface area (Å²) in [5.74, 6) is 0.00151. The van der Waals surface area contributed by atoms with E-state index in [1.807, 2.05) is 44.2 Å². The Labute approximate surface area is 163 Å². The lowest BCUT2D eigenvalue weighted by molar-refractivity contribution is -0.114. The maximum absolute atomic E-state index is 13.7. The summed E-state index contributed by atoms with van der Waals surface area (Å²) >= 11 is 0. The Bertz CT molecular complexity index is 1000. The van der Waals surface area contributed by atoms with E-state index >= 15 is 0 Å². The first-order valence-corrected chi connectivity index (χ1v) is 8.97. The maximum Gasteiger partial charge on any atom is 0.221 e. The number of hydrogen-bond donors (Lipinski definition) is 3. The van der Waals surface area contributed by atoms with Crippen LogP contribution in [0.4, 0.5) is 15.9 Å². The van der Waals surface area contributed by atoms with E-state index in [4.69, 9.17) is 0 Å². The molecule has 1 aromatic heterocycles. The normalized spacial score (nSPS) is 10.8. The zero-order chi connectivity index (χ0) is 20.3. The van der Waals surface area contributed by atoms with Crippen LogP contribution in [0.1, 0.15) is 20.8 Å². The molecule has 0 fully saturated rings. The van der Waals surface area contributed by atoms with Crippen LogP contribution in [-0.2, 0) is 4.79 Å². The van der Waals surface area contributed by atoms with Gasteiger partial charge in [-0.2, -0.15) is 0 Å². The van der Waals surface area contributed by atoms with Gasteiger partial charge in [0.05, 0.1) is 5.69 Å². The molecular formula is C22H22FN3O2. The van der Waals surface area contributed by atoms with Gasteiger partial charge in [0.25, 0.3) is 0 Å². The van der Waals surface area contributed by atoms with Gasteiger partial charge in [0.15, 0.2) is 0 Å². The molecule has 1 heterocycles. The number of nitrogens with one attached hydrogen (secondary N) is 2. The van der Waals surface area contributed by atoms with Gasteiger partial charge < -0.3 is 15.7 Å². The fourth-order valence-corrected chi connectivity index (χ4v) is 2.87. The lowest BCUT2D eigenvalue weighted by Gasteiger charge is -2.14. The van der Waals surface area contributed by atoms with Crippen LogP contribution < -0.4 is 10.6 Å². The molecule has 0 aliphatic heterocycles. The summed E-state index contributed by atoms with van der Waals surface area (Å²) in [7, 11) is 0. The number of rotatable bonds is 5. The Morgan fingerprint density at radius 1 is 1.04 bits per heavy atom. The second-order valence-electron chi connectivity index (χ2n) is 6.85. The van der Waals surface area contributed by atoms with Crippen molar-refractivity contribution in [1.29, 1.82) is 0 Å². The van der Waals surface area contributed by atoms with Gasteiger partial charge in [0.2, 0.25) is 5.91 Å². The lowest BCUT2D eigenvalue weighted by Crippen LogP contribution is -2.11. The minimum absolute atomic E-state index is 0.0393. The van der Waals surface area contributed by atoms with Crippen molar-refractivity contribution in [2.24, 2.45) is 0 Å². The van der Waals surface area contributed by atoms with Crippen molar-refractivity contribution in [2.75, 3.05) is 10.6 Å². The van der Waals surface area contributed by atoms with Crippen LogP contribution in [0.2, 0.25) is 0 Å². The number of pyridine rings is 1. The molecule has 3 aromatic rings. The number of phenols is 1. The van der Waals surface area contributed by atoms with Crippen LogP contribution in [0.3, 0.4) is 0 Å². The second-order valence-corrected chi connectivity index (χ2v) is 6.85. The molecule has 0 saturated heterocycles. The number of amides is 1. The molecule has 6 heteroatoms. The van der Waals surface area contributed by atoms with E-state index in [2.05, 4.69) is 15.6 Å². The molecule has 0 spiro atoms. The van der Waals surface area contributed by atoms with Crippen LogP contribution in [0, 0.1) is 5.82 Å². The maximum atomic E-state index is 13.7. The number of anilines is 2. The van der Waals surface area contributed by atoms with Gasteiger partial charge in [-0.15, -0.1) is 0 Å². The summed E-state index contributed by atoms with van der Waals surface area (Å²) in [6, 6.07) is 15.0. The number of aromatic nitrogens is 1. The molecular weight excluding hydrogens is 357 g/mol. The van der Waals surface area contributed by atoms with Gasteiger partial charge in [0, 0.05) is 24.2 Å². The fraction of sp³-hybridized carbons (Fsp3) is 0.182. The highest BCUT2D eigenvalue weighted by molar-refractivity contribution is 5.89. The Kier molecular flexibility index (Phi) is 5.59. The smallest absolute Gasteiger partial charge is 0.221 e. The van der Waals surface area contributed by atoms with Crippen LogP contribution >= 0.6 is 0 Å². The van der Waals surface area contributed by atoms with Crippen LogP contribution in [0.25, 0.3) is 22.4 Å². The highest BCUT2D eigenvalue weighted by Gasteiger charge is 2.12. The third kappa shape index (κ3) is 4.65. The van der Waals surface area contributed by atoms with E-state index in [1.54, 1.807) is 6.07 Å². The average Bonchev–Trinajstić information content (AvgIpc) is 2.63. The molecule has 1 amide bonds. The standard InChI is InChI=1S/C22H22FN3O2/c1-13(2)24-22-11-16(15-4-7-18(8-5-15)25-14(3)27)10-20(26-22)19-12-17(23)6-9-21(19)28/h4-13,28H,1-3H3,(H,24,26)(H,25,27). The number of halogens is 1. The third-order valence-corrected chi connectivity index (χ3v) is 4.04. The van der Waals surface area contributed by atoms with Gasteiger partial charge in [-0.25, -0.2) is 9.37 Å². The van der Waals surface area contributed by atoms with E-state index in [0.717, 1.165) is 11.1 Å². The summed E-state index contributed by atoms with van der Waals surface area (Å²) < 4.78 is 13.7. The van der Waals surface area contributed by atoms with Crippen LogP contribution in [0.5, 0.6) is 5.75 Å². The molecule has 0 bridgehead atoms. The van der Waals surface area contributed by atoms with Gasteiger partial charge >= 0.3 is 0 Å². The van der Waals surface area contributed by atoms with Crippen molar-refractivity contribution in [1.82, 2.24) is 4.98 Å². The molecule has 5 nitrogen and oxygen atoms in total. The monoisotopic (exact) mass is 379 g/mol. The fourth-order valence-electron chi connectivity index (χ4n) is 2.87. The number of carbonyl (C=O) groups is 1. The molecule has 0 aliphatic carbocycles. The summed E-state index contributed by atoms with van der Waals surface area (Å²) in [4.78, 5) is 15.7. The summed E-state index contributed by atoms with van der Waals surface area (Å²) in [5, 5.41) is 16.2. The molecule has 3 rings (SSSR count). The first kappa shape index (κ1) is 19.4. The van der Waals surface area contributed by atoms with E-state index in [-0.39, 0.29) is 17.7 Å². The van der Waals surface area contributed by atoms with Gasteiger partial charge in [0.1, 0.15) is 17.4 Å². The summed E-state index contributed by atoms with van der Waals surface area (Å²) in [5.41, 5.74) is 3.24. The van der Waals surface area contributed by atoms with Crippen molar-refractivity contribution in [3.05, 3.63) is 60.4 Å². The van der Waals surface area contributed by atoms with E-state index in [9.17, 15) is 14.3 Å². The number of phenolic OH excluding ortho intramolecular Hbond substituents is 1. The van der Waals surface area contributed by atoms with Crippen LogP contribution in [-0.4, -0.2) is 22.0 Å². The number of aromatic hydroxyl groups is 1. The predicted molar refractivity (Wildman–Crippen MR) is 110 cm³/mol. The number of benzene rings is 2. The average molecular weight is 379 g/mol. The van der Waals surface area contributed by atoms with Gasteiger partial charge in [-0.05, 0) is 67.4 Å². The Balaban J connectivity index is 2.07. The zero-order valence-electron chi connectivity index (χ0n) is 16.0. The number of hydrogen-bond acceptors (Lipinski definition) is 4. The minimum atomic E-state index is -0.446. The molecule has 0 aliphatic rings. The van der Waals surface area contributed by atoms with Crippen molar-refractivity contribution < 1.29 is 14.3 Å². The molecule has 144 valence electrons. The first-order chi connectivity index (χ1) is 13.3. The largest absolute Gasteiger partial charge is 0.507 e. The Hall–Kier alpha value is -3.41. The number of carbonyl (C=O) groups excluding carboxylic acids is 1. The van der Waals surface area contributed by atoms with Gasteiger partial charge in [-0.1, -0.05) is 12.1 Å². The summed E-state index contributed by atoms with van der Waals surface area (Å²) in [6.07, 6.45) is 0. The van der Waals surface area contributed by atoms with Crippen molar-refractivity contribution in [3.63, 3.8) is 0 Å². The first-order valence-electron chi connectivity index (χ1n) is 8.97. The molecule has 3 N–H and O–H groups in total. The lowest BCUT2D eigenvalue weighted by atomic mass is 10.0. The Morgan fingerprint density at radius 3 is 2.39 bits per heavy atom. The van der Waals surface area contributed by atoms with E-state index in [1.165, 1.54) is 25.1 Å². The molecule has 28 heavy (non-hydrogen) atoms. The SMILES string of the molecule is CC(=O)Nc1ccc(-c2cc(NC(C)C)nc(-c3cc(F)ccc3O)c2)cc1. The quantitative estimate of drug-likeness (QED) is 0.581. The summed E-state index contributed by atoms with van der Waals surface area (Å²) in [6.45, 7) is 5.45. The zero-order valence-corrected chi connectivity index (χ0v) is 16.0. The van der Waals surface area contributed by atoms with Crippen molar-refractivity contribution in [2.45, 2.75) is 26.8 Å². The molecule has 0 saturated carbocycles. The molecule has 2 aromatic carbocycles. The number of nitrogens with zero attached hydrogens (tertiary/aromatic N) is 1. The third-order valence-electron chi connectivity index (χ3n) is 4.04. The van der Waals surface area contributed by atoms with Crippen molar-refractivity contribution >= 4 is 17.4 Å². The molecule has 0 radical (unpaired) electrons. The van der Waals surface area contributed by atoms with E-state index < -0.39 is 5.82 Å².